The van der Waals surface area contributed by atoms with Crippen LogP contribution in [0.2, 0.25) is 0 Å². The maximum Gasteiger partial charge on any atom is 0.347 e. The molecule has 110 valence electrons. The molecule has 0 aliphatic heterocycles. The predicted octanol–water partition coefficient (Wildman–Crippen LogP) is 2.02. The summed E-state index contributed by atoms with van der Waals surface area (Å²) in [6, 6.07) is 6.47. The Kier molecular flexibility index (Phi) is 4.65. The normalized spacial score (nSPS) is 10.3. The summed E-state index contributed by atoms with van der Waals surface area (Å²) < 4.78 is 1.45. The first-order valence-corrected chi connectivity index (χ1v) is 6.64. The topological polar surface area (TPSA) is 90.1 Å². The molecule has 21 heavy (non-hydrogen) atoms. The highest BCUT2D eigenvalue weighted by atomic mass is 16.6. The molecule has 1 heterocycles. The van der Waals surface area contributed by atoms with E-state index in [4.69, 9.17) is 0 Å². The summed E-state index contributed by atoms with van der Waals surface area (Å²) in [5, 5.41) is 14.0. The molecule has 0 bridgehead atoms. The summed E-state index contributed by atoms with van der Waals surface area (Å²) in [4.78, 5) is 25.9. The van der Waals surface area contributed by atoms with E-state index in [0.29, 0.717) is 18.8 Å². The van der Waals surface area contributed by atoms with E-state index in [1.807, 2.05) is 6.92 Å². The van der Waals surface area contributed by atoms with Crippen LogP contribution in [0, 0.1) is 10.1 Å². The Hall–Kier alpha value is -2.70. The number of nitrogens with one attached hydrogen (secondary N) is 1. The largest absolute Gasteiger partial charge is 0.379 e. The minimum absolute atomic E-state index is 0.0331. The number of hydrogen-bond donors (Lipinski definition) is 1. The smallest absolute Gasteiger partial charge is 0.347 e. The second-order valence-corrected chi connectivity index (χ2v) is 4.57. The van der Waals surface area contributed by atoms with Gasteiger partial charge < -0.3 is 5.32 Å². The first-order valence-electron chi connectivity index (χ1n) is 6.64. The third kappa shape index (κ3) is 3.65. The molecule has 1 N–H and O–H groups in total. The van der Waals surface area contributed by atoms with Gasteiger partial charge in [-0.3, -0.25) is 14.7 Å². The van der Waals surface area contributed by atoms with Crippen molar-refractivity contribution >= 4 is 11.4 Å². The molecule has 1 aromatic carbocycles. The predicted molar refractivity (Wildman–Crippen MR) is 79.5 cm³/mol. The van der Waals surface area contributed by atoms with Crippen LogP contribution in [0.1, 0.15) is 18.9 Å². The van der Waals surface area contributed by atoms with Crippen molar-refractivity contribution in [1.29, 1.82) is 0 Å². The Bertz CT molecular complexity index is 697. The second-order valence-electron chi connectivity index (χ2n) is 4.57. The molecule has 7 heteroatoms. The first-order chi connectivity index (χ1) is 10.1. The fourth-order valence-corrected chi connectivity index (χ4v) is 1.95. The molecule has 1 aromatic heterocycles. The van der Waals surface area contributed by atoms with Gasteiger partial charge in [0.05, 0.1) is 11.5 Å². The van der Waals surface area contributed by atoms with Gasteiger partial charge in [0.25, 0.3) is 5.69 Å². The van der Waals surface area contributed by atoms with Gasteiger partial charge in [0.15, 0.2) is 0 Å². The number of anilines is 1. The summed E-state index contributed by atoms with van der Waals surface area (Å²) >= 11 is 0. The monoisotopic (exact) mass is 288 g/mol. The number of rotatable bonds is 6. The van der Waals surface area contributed by atoms with Crippen LogP contribution < -0.4 is 11.0 Å². The molecule has 0 amide bonds. The average Bonchev–Trinajstić information content (AvgIpc) is 2.47. The Balaban J connectivity index is 2.31. The van der Waals surface area contributed by atoms with Gasteiger partial charge >= 0.3 is 5.69 Å². The number of benzene rings is 1. The van der Waals surface area contributed by atoms with Gasteiger partial charge in [-0.25, -0.2) is 9.78 Å². The Morgan fingerprint density at radius 1 is 1.43 bits per heavy atom. The van der Waals surface area contributed by atoms with Crippen LogP contribution in [0.4, 0.5) is 11.4 Å². The van der Waals surface area contributed by atoms with Crippen molar-refractivity contribution in [3.05, 3.63) is 62.8 Å². The Morgan fingerprint density at radius 2 is 2.24 bits per heavy atom. The van der Waals surface area contributed by atoms with Crippen LogP contribution >= 0.6 is 0 Å². The van der Waals surface area contributed by atoms with Gasteiger partial charge in [-0.05, 0) is 24.1 Å². The molecule has 0 aliphatic carbocycles. The molecule has 7 nitrogen and oxygen atoms in total. The molecular weight excluding hydrogens is 272 g/mol. The lowest BCUT2D eigenvalue weighted by atomic mass is 10.1. The van der Waals surface area contributed by atoms with E-state index in [2.05, 4.69) is 10.3 Å². The molecule has 0 saturated carbocycles. The van der Waals surface area contributed by atoms with Crippen LogP contribution in [-0.4, -0.2) is 21.0 Å². The fourth-order valence-electron chi connectivity index (χ4n) is 1.95. The number of nitro benzene ring substituents is 1. The van der Waals surface area contributed by atoms with E-state index in [9.17, 15) is 14.9 Å². The van der Waals surface area contributed by atoms with E-state index in [0.717, 1.165) is 12.0 Å². The molecule has 2 aromatic rings. The summed E-state index contributed by atoms with van der Waals surface area (Å²) in [6.07, 6.45) is 3.93. The van der Waals surface area contributed by atoms with Crippen molar-refractivity contribution in [3.8, 4) is 0 Å². The highest BCUT2D eigenvalue weighted by Crippen LogP contribution is 2.25. The lowest BCUT2D eigenvalue weighted by molar-refractivity contribution is -0.384. The zero-order chi connectivity index (χ0) is 15.2. The lowest BCUT2D eigenvalue weighted by Crippen LogP contribution is -2.22. The minimum Gasteiger partial charge on any atom is -0.379 e. The van der Waals surface area contributed by atoms with Gasteiger partial charge in [-0.15, -0.1) is 0 Å². The van der Waals surface area contributed by atoms with Gasteiger partial charge in [0.1, 0.15) is 5.69 Å². The molecule has 0 fully saturated rings. The molecule has 0 aliphatic rings. The van der Waals surface area contributed by atoms with Gasteiger partial charge in [-0.2, -0.15) is 0 Å². The van der Waals surface area contributed by atoms with Crippen LogP contribution in [-0.2, 0) is 6.54 Å². The van der Waals surface area contributed by atoms with Crippen LogP contribution in [0.25, 0.3) is 0 Å². The zero-order valence-electron chi connectivity index (χ0n) is 11.7. The maximum absolute atomic E-state index is 11.6. The molecular formula is C14H16N4O3. The number of nitro groups is 1. The molecule has 0 saturated heterocycles. The molecule has 0 unspecified atom stereocenters. The summed E-state index contributed by atoms with van der Waals surface area (Å²) in [5.74, 6) is 0. The van der Waals surface area contributed by atoms with E-state index in [1.54, 1.807) is 24.4 Å². The number of aromatic nitrogens is 2. The highest BCUT2D eigenvalue weighted by Gasteiger charge is 2.13. The van der Waals surface area contributed by atoms with Crippen molar-refractivity contribution in [3.63, 3.8) is 0 Å². The third-order valence-corrected chi connectivity index (χ3v) is 2.96. The summed E-state index contributed by atoms with van der Waals surface area (Å²) in [6.45, 7) is 2.96. The maximum atomic E-state index is 11.6. The van der Waals surface area contributed by atoms with E-state index in [1.165, 1.54) is 16.8 Å². The van der Waals surface area contributed by atoms with Gasteiger partial charge in [0.2, 0.25) is 0 Å². The van der Waals surface area contributed by atoms with Crippen molar-refractivity contribution in [2.24, 2.45) is 0 Å². The minimum atomic E-state index is -0.419. The van der Waals surface area contributed by atoms with Crippen molar-refractivity contribution < 1.29 is 4.92 Å². The van der Waals surface area contributed by atoms with E-state index < -0.39 is 4.92 Å². The number of hydrogen-bond acceptors (Lipinski definition) is 5. The molecule has 2 rings (SSSR count). The van der Waals surface area contributed by atoms with Crippen molar-refractivity contribution in [2.45, 2.75) is 19.9 Å². The molecule has 0 spiro atoms. The summed E-state index contributed by atoms with van der Waals surface area (Å²) in [7, 11) is 0. The van der Waals surface area contributed by atoms with E-state index in [-0.39, 0.29) is 11.4 Å². The standard InChI is InChI=1S/C14H16N4O3/c1-2-6-15-12-9-11(4-5-13(12)18(20)21)10-17-8-3-7-16-14(17)19/h3-5,7-9,15H,2,6,10H2,1H3. The van der Waals surface area contributed by atoms with Crippen LogP contribution in [0.3, 0.4) is 0 Å². The number of nitrogens with zero attached hydrogens (tertiary/aromatic N) is 3. The SMILES string of the molecule is CCCNc1cc(Cn2cccnc2=O)ccc1[N+](=O)[O-]. The second kappa shape index (κ2) is 6.65. The highest BCUT2D eigenvalue weighted by molar-refractivity contribution is 5.62. The zero-order valence-corrected chi connectivity index (χ0v) is 11.7. The molecule has 0 radical (unpaired) electrons. The van der Waals surface area contributed by atoms with Crippen LogP contribution in [0.5, 0.6) is 0 Å². The summed E-state index contributed by atoms with van der Waals surface area (Å²) in [5.41, 5.74) is 0.954. The fraction of sp³-hybridized carbons (Fsp3) is 0.286. The lowest BCUT2D eigenvalue weighted by Gasteiger charge is -2.09. The quantitative estimate of drug-likeness (QED) is 0.648. The van der Waals surface area contributed by atoms with Gasteiger partial charge in [-0.1, -0.05) is 13.0 Å². The Labute approximate surface area is 121 Å². The van der Waals surface area contributed by atoms with Crippen molar-refractivity contribution in [2.75, 3.05) is 11.9 Å². The molecule has 0 atom stereocenters. The van der Waals surface area contributed by atoms with Crippen molar-refractivity contribution in [1.82, 2.24) is 9.55 Å². The van der Waals surface area contributed by atoms with Crippen LogP contribution in [0.15, 0.2) is 41.5 Å². The van der Waals surface area contributed by atoms with E-state index >= 15 is 0 Å². The third-order valence-electron chi connectivity index (χ3n) is 2.96. The Morgan fingerprint density at radius 3 is 2.90 bits per heavy atom. The van der Waals surface area contributed by atoms with Gasteiger partial charge in [0, 0.05) is 25.0 Å². The first kappa shape index (κ1) is 14.7. The average molecular weight is 288 g/mol.